The summed E-state index contributed by atoms with van der Waals surface area (Å²) in [5, 5.41) is 0. The van der Waals surface area contributed by atoms with Crippen LogP contribution in [0.15, 0.2) is 59.0 Å². The molecule has 0 amide bonds. The van der Waals surface area contributed by atoms with Crippen molar-refractivity contribution in [3.8, 4) is 11.5 Å². The molecule has 0 radical (unpaired) electrons. The predicted molar refractivity (Wildman–Crippen MR) is 100 cm³/mol. The monoisotopic (exact) mass is 332 g/mol. The minimum absolute atomic E-state index is 0.484. The van der Waals surface area contributed by atoms with Crippen LogP contribution in [0.25, 0.3) is 11.5 Å². The third-order valence-corrected chi connectivity index (χ3v) is 5.18. The van der Waals surface area contributed by atoms with E-state index in [0.29, 0.717) is 6.04 Å². The van der Waals surface area contributed by atoms with Gasteiger partial charge in [0.15, 0.2) is 0 Å². The highest BCUT2D eigenvalue weighted by atomic mass is 16.4. The van der Waals surface area contributed by atoms with Gasteiger partial charge in [-0.1, -0.05) is 42.5 Å². The van der Waals surface area contributed by atoms with Crippen molar-refractivity contribution in [2.75, 3.05) is 6.54 Å². The molecule has 3 nitrogen and oxygen atoms in total. The molecular weight excluding hydrogens is 308 g/mol. The van der Waals surface area contributed by atoms with Crippen LogP contribution in [-0.4, -0.2) is 16.4 Å². The average Bonchev–Trinajstić information content (AvgIpc) is 3.24. The molecule has 4 rings (SSSR count). The third kappa shape index (κ3) is 3.24. The van der Waals surface area contributed by atoms with E-state index in [1.807, 2.05) is 37.3 Å². The molecular formula is C22H24N2O. The second-order valence-electron chi connectivity index (χ2n) is 6.87. The maximum Gasteiger partial charge on any atom is 0.226 e. The summed E-state index contributed by atoms with van der Waals surface area (Å²) in [6.07, 6.45) is 2.45. The maximum atomic E-state index is 5.94. The van der Waals surface area contributed by atoms with Crippen molar-refractivity contribution < 1.29 is 4.42 Å². The second kappa shape index (κ2) is 6.85. The number of aryl methyl sites for hydroxylation is 2. The van der Waals surface area contributed by atoms with Gasteiger partial charge in [-0.3, -0.25) is 4.90 Å². The molecule has 0 N–H and O–H groups in total. The van der Waals surface area contributed by atoms with Gasteiger partial charge in [-0.2, -0.15) is 0 Å². The molecule has 128 valence electrons. The summed E-state index contributed by atoms with van der Waals surface area (Å²) in [6, 6.07) is 19.4. The van der Waals surface area contributed by atoms with Crippen LogP contribution in [0.1, 0.15) is 41.5 Å². The summed E-state index contributed by atoms with van der Waals surface area (Å²) in [4.78, 5) is 7.33. The lowest BCUT2D eigenvalue weighted by Gasteiger charge is -2.25. The Labute approximate surface area is 149 Å². The Hall–Kier alpha value is -2.39. The molecule has 2 heterocycles. The molecule has 1 atom stereocenters. The molecule has 1 aromatic heterocycles. The van der Waals surface area contributed by atoms with E-state index < -0.39 is 0 Å². The van der Waals surface area contributed by atoms with Crippen LogP contribution in [0.4, 0.5) is 0 Å². The Morgan fingerprint density at radius 1 is 1.04 bits per heavy atom. The Bertz CT molecular complexity index is 853. The van der Waals surface area contributed by atoms with Crippen molar-refractivity contribution in [2.45, 2.75) is 39.3 Å². The summed E-state index contributed by atoms with van der Waals surface area (Å²) in [5.41, 5.74) is 4.92. The highest BCUT2D eigenvalue weighted by Crippen LogP contribution is 2.35. The van der Waals surface area contributed by atoms with Crippen LogP contribution in [0.3, 0.4) is 0 Å². The molecule has 1 saturated heterocycles. The van der Waals surface area contributed by atoms with E-state index in [4.69, 9.17) is 9.40 Å². The number of rotatable bonds is 4. The van der Waals surface area contributed by atoms with Gasteiger partial charge >= 0.3 is 0 Å². The van der Waals surface area contributed by atoms with E-state index in [0.717, 1.165) is 36.0 Å². The molecule has 0 saturated carbocycles. The first-order valence-electron chi connectivity index (χ1n) is 9.03. The molecule has 3 aromatic rings. The number of nitrogens with zero attached hydrogens (tertiary/aromatic N) is 2. The Balaban J connectivity index is 1.58. The van der Waals surface area contributed by atoms with Crippen molar-refractivity contribution in [1.29, 1.82) is 0 Å². The Morgan fingerprint density at radius 2 is 1.80 bits per heavy atom. The fourth-order valence-electron chi connectivity index (χ4n) is 3.80. The van der Waals surface area contributed by atoms with Crippen molar-refractivity contribution in [1.82, 2.24) is 9.88 Å². The van der Waals surface area contributed by atoms with Gasteiger partial charge in [0.1, 0.15) is 5.76 Å². The number of benzene rings is 2. The van der Waals surface area contributed by atoms with Crippen LogP contribution in [0, 0.1) is 13.8 Å². The fourth-order valence-corrected chi connectivity index (χ4v) is 3.80. The highest BCUT2D eigenvalue weighted by molar-refractivity contribution is 5.53. The zero-order valence-corrected chi connectivity index (χ0v) is 14.9. The quantitative estimate of drug-likeness (QED) is 0.649. The van der Waals surface area contributed by atoms with Crippen molar-refractivity contribution >= 4 is 0 Å². The molecule has 0 bridgehead atoms. The van der Waals surface area contributed by atoms with Crippen molar-refractivity contribution in [2.24, 2.45) is 0 Å². The number of aromatic nitrogens is 1. The molecule has 1 fully saturated rings. The molecule has 1 aliphatic rings. The third-order valence-electron chi connectivity index (χ3n) is 5.18. The summed E-state index contributed by atoms with van der Waals surface area (Å²) in [7, 11) is 0. The summed E-state index contributed by atoms with van der Waals surface area (Å²) >= 11 is 0. The first-order chi connectivity index (χ1) is 12.2. The minimum Gasteiger partial charge on any atom is -0.441 e. The van der Waals surface area contributed by atoms with E-state index in [1.165, 1.54) is 24.0 Å². The maximum absolute atomic E-state index is 5.94. The summed E-state index contributed by atoms with van der Waals surface area (Å²) < 4.78 is 5.94. The topological polar surface area (TPSA) is 29.3 Å². The number of hydrogen-bond donors (Lipinski definition) is 0. The molecule has 1 aliphatic heterocycles. The lowest BCUT2D eigenvalue weighted by molar-refractivity contribution is 0.244. The van der Waals surface area contributed by atoms with Gasteiger partial charge in [0.2, 0.25) is 5.89 Å². The van der Waals surface area contributed by atoms with Crippen LogP contribution in [0.5, 0.6) is 0 Å². The normalized spacial score (nSPS) is 17.9. The lowest BCUT2D eigenvalue weighted by atomic mass is 9.99. The van der Waals surface area contributed by atoms with E-state index in [2.05, 4.69) is 36.1 Å². The summed E-state index contributed by atoms with van der Waals surface area (Å²) in [5.74, 6) is 1.65. The second-order valence-corrected chi connectivity index (χ2v) is 6.87. The molecule has 0 spiro atoms. The molecule has 0 unspecified atom stereocenters. The van der Waals surface area contributed by atoms with Crippen molar-refractivity contribution in [3.05, 3.63) is 77.2 Å². The van der Waals surface area contributed by atoms with E-state index in [1.54, 1.807) is 0 Å². The Kier molecular flexibility index (Phi) is 4.41. The predicted octanol–water partition coefficient (Wildman–Crippen LogP) is 5.30. The molecule has 2 aromatic carbocycles. The van der Waals surface area contributed by atoms with Crippen LogP contribution in [0.2, 0.25) is 0 Å². The lowest BCUT2D eigenvalue weighted by Crippen LogP contribution is -2.23. The van der Waals surface area contributed by atoms with Gasteiger partial charge in [-0.05, 0) is 56.5 Å². The van der Waals surface area contributed by atoms with E-state index in [9.17, 15) is 0 Å². The first kappa shape index (κ1) is 16.1. The SMILES string of the molecule is Cc1ccccc1[C@@H]1CCCN1Cc1nc(-c2ccccc2)oc1C. The van der Waals surface area contributed by atoms with Crippen LogP contribution < -0.4 is 0 Å². The van der Waals surface area contributed by atoms with Gasteiger partial charge in [-0.15, -0.1) is 0 Å². The largest absolute Gasteiger partial charge is 0.441 e. The van der Waals surface area contributed by atoms with Crippen molar-refractivity contribution in [3.63, 3.8) is 0 Å². The molecule has 0 aliphatic carbocycles. The molecule has 25 heavy (non-hydrogen) atoms. The average molecular weight is 332 g/mol. The van der Waals surface area contributed by atoms with Gasteiger partial charge < -0.3 is 4.42 Å². The standard InChI is InChI=1S/C22H24N2O/c1-16-9-6-7-12-19(16)21-13-8-14-24(21)15-20-17(2)25-22(23-20)18-10-4-3-5-11-18/h3-7,9-12,21H,8,13-15H2,1-2H3/t21-/m0/s1. The van der Waals surface area contributed by atoms with Gasteiger partial charge in [0.05, 0.1) is 5.69 Å². The minimum atomic E-state index is 0.484. The van der Waals surface area contributed by atoms with Crippen LogP contribution in [-0.2, 0) is 6.54 Å². The Morgan fingerprint density at radius 3 is 2.60 bits per heavy atom. The fraction of sp³-hybridized carbons (Fsp3) is 0.318. The summed E-state index contributed by atoms with van der Waals surface area (Å²) in [6.45, 7) is 6.20. The van der Waals surface area contributed by atoms with E-state index >= 15 is 0 Å². The van der Waals surface area contributed by atoms with Crippen LogP contribution >= 0.6 is 0 Å². The number of hydrogen-bond acceptors (Lipinski definition) is 3. The first-order valence-corrected chi connectivity index (χ1v) is 9.03. The number of oxazole rings is 1. The highest BCUT2D eigenvalue weighted by Gasteiger charge is 2.28. The van der Waals surface area contributed by atoms with Gasteiger partial charge in [-0.25, -0.2) is 4.98 Å². The van der Waals surface area contributed by atoms with Gasteiger partial charge in [0.25, 0.3) is 0 Å². The van der Waals surface area contributed by atoms with E-state index in [-0.39, 0.29) is 0 Å². The zero-order chi connectivity index (χ0) is 17.2. The number of likely N-dealkylation sites (tertiary alicyclic amines) is 1. The van der Waals surface area contributed by atoms with Gasteiger partial charge in [0, 0.05) is 18.2 Å². The zero-order valence-electron chi connectivity index (χ0n) is 14.9. The smallest absolute Gasteiger partial charge is 0.226 e. The molecule has 3 heteroatoms.